The molecule has 0 spiro atoms. The monoisotopic (exact) mass is 289 g/mol. The summed E-state index contributed by atoms with van der Waals surface area (Å²) in [4.78, 5) is 6.83. The molecular formula is C18H31N3. The maximum atomic E-state index is 4.36. The van der Waals surface area contributed by atoms with E-state index in [1.54, 1.807) is 0 Å². The molecule has 0 amide bonds. The lowest BCUT2D eigenvalue weighted by Gasteiger charge is -2.31. The second-order valence-corrected chi connectivity index (χ2v) is 7.36. The third-order valence-electron chi connectivity index (χ3n) is 4.45. The molecule has 2 rings (SSSR count). The quantitative estimate of drug-likeness (QED) is 0.845. The molecule has 0 bridgehead atoms. The molecule has 0 aromatic carbocycles. The van der Waals surface area contributed by atoms with Crippen LogP contribution in [-0.2, 0) is 6.54 Å². The van der Waals surface area contributed by atoms with Crippen LogP contribution in [0.2, 0.25) is 0 Å². The van der Waals surface area contributed by atoms with Crippen LogP contribution in [0.15, 0.2) is 18.5 Å². The van der Waals surface area contributed by atoms with E-state index < -0.39 is 0 Å². The van der Waals surface area contributed by atoms with E-state index >= 15 is 0 Å². The van der Waals surface area contributed by atoms with E-state index in [1.165, 1.54) is 49.8 Å². The normalized spacial score (nSPS) is 17.5. The van der Waals surface area contributed by atoms with Crippen LogP contribution in [0.1, 0.15) is 64.9 Å². The minimum atomic E-state index is 0.140. The van der Waals surface area contributed by atoms with Gasteiger partial charge in [0.2, 0.25) is 0 Å². The highest BCUT2D eigenvalue weighted by atomic mass is 15.1. The van der Waals surface area contributed by atoms with Crippen LogP contribution in [0.25, 0.3) is 0 Å². The molecule has 0 unspecified atom stereocenters. The number of anilines is 1. The molecule has 0 aliphatic heterocycles. The number of hydrogen-bond acceptors (Lipinski definition) is 3. The summed E-state index contributed by atoms with van der Waals surface area (Å²) in [6.07, 6.45) is 12.1. The van der Waals surface area contributed by atoms with Gasteiger partial charge < -0.3 is 10.2 Å². The van der Waals surface area contributed by atoms with Gasteiger partial charge in [-0.1, -0.05) is 25.7 Å². The first kappa shape index (κ1) is 16.3. The fourth-order valence-electron chi connectivity index (χ4n) is 3.08. The summed E-state index contributed by atoms with van der Waals surface area (Å²) < 4.78 is 0. The van der Waals surface area contributed by atoms with Crippen molar-refractivity contribution in [1.29, 1.82) is 0 Å². The smallest absolute Gasteiger partial charge is 0.0598 e. The van der Waals surface area contributed by atoms with Gasteiger partial charge in [-0.3, -0.25) is 4.98 Å². The number of nitrogens with zero attached hydrogens (tertiary/aromatic N) is 2. The molecular weight excluding hydrogens is 258 g/mol. The van der Waals surface area contributed by atoms with Crippen LogP contribution >= 0.6 is 0 Å². The number of pyridine rings is 1. The zero-order valence-electron chi connectivity index (χ0n) is 14.2. The highest BCUT2D eigenvalue weighted by Crippen LogP contribution is 2.27. The lowest BCUT2D eigenvalue weighted by atomic mass is 10.0. The fourth-order valence-corrected chi connectivity index (χ4v) is 3.08. The van der Waals surface area contributed by atoms with Crippen molar-refractivity contribution in [3.63, 3.8) is 0 Å². The predicted molar refractivity (Wildman–Crippen MR) is 90.7 cm³/mol. The molecule has 0 atom stereocenters. The van der Waals surface area contributed by atoms with Crippen LogP contribution in [0.3, 0.4) is 0 Å². The lowest BCUT2D eigenvalue weighted by Crippen LogP contribution is -2.36. The molecule has 1 aliphatic rings. The molecule has 3 nitrogen and oxygen atoms in total. The summed E-state index contributed by atoms with van der Waals surface area (Å²) in [6.45, 7) is 7.53. The van der Waals surface area contributed by atoms with Gasteiger partial charge in [0.1, 0.15) is 0 Å². The third-order valence-corrected chi connectivity index (χ3v) is 4.45. The van der Waals surface area contributed by atoms with Gasteiger partial charge in [-0.15, -0.1) is 0 Å². The van der Waals surface area contributed by atoms with Crippen molar-refractivity contribution < 1.29 is 0 Å². The minimum absolute atomic E-state index is 0.140. The first-order chi connectivity index (χ1) is 9.97. The molecule has 0 radical (unpaired) electrons. The highest BCUT2D eigenvalue weighted by molar-refractivity contribution is 5.52. The van der Waals surface area contributed by atoms with Gasteiger partial charge in [0.25, 0.3) is 0 Å². The van der Waals surface area contributed by atoms with Crippen LogP contribution in [0.4, 0.5) is 5.69 Å². The Morgan fingerprint density at radius 1 is 1.19 bits per heavy atom. The first-order valence-corrected chi connectivity index (χ1v) is 8.38. The van der Waals surface area contributed by atoms with Crippen molar-refractivity contribution in [2.24, 2.45) is 0 Å². The van der Waals surface area contributed by atoms with Crippen molar-refractivity contribution in [3.8, 4) is 0 Å². The highest BCUT2D eigenvalue weighted by Gasteiger charge is 2.20. The average molecular weight is 289 g/mol. The van der Waals surface area contributed by atoms with E-state index in [0.717, 1.165) is 6.54 Å². The first-order valence-electron chi connectivity index (χ1n) is 8.38. The Balaban J connectivity index is 2.10. The Bertz CT molecular complexity index is 428. The molecule has 1 fully saturated rings. The molecule has 21 heavy (non-hydrogen) atoms. The van der Waals surface area contributed by atoms with Crippen LogP contribution in [0, 0.1) is 0 Å². The summed E-state index contributed by atoms with van der Waals surface area (Å²) in [5.74, 6) is 0. The maximum Gasteiger partial charge on any atom is 0.0598 e. The zero-order chi connectivity index (χ0) is 15.3. The van der Waals surface area contributed by atoms with Crippen molar-refractivity contribution >= 4 is 5.69 Å². The number of rotatable bonds is 4. The molecule has 1 aliphatic carbocycles. The Kier molecular flexibility index (Phi) is 5.63. The summed E-state index contributed by atoms with van der Waals surface area (Å²) in [6, 6.07) is 2.83. The molecule has 118 valence electrons. The van der Waals surface area contributed by atoms with Gasteiger partial charge in [0.15, 0.2) is 0 Å². The van der Waals surface area contributed by atoms with Gasteiger partial charge in [-0.25, -0.2) is 0 Å². The number of nitrogens with one attached hydrogen (secondary N) is 1. The van der Waals surface area contributed by atoms with E-state index in [-0.39, 0.29) is 5.54 Å². The van der Waals surface area contributed by atoms with Gasteiger partial charge in [0, 0.05) is 31.4 Å². The van der Waals surface area contributed by atoms with E-state index in [1.807, 2.05) is 12.4 Å². The largest absolute Gasteiger partial charge is 0.370 e. The third kappa shape index (κ3) is 4.99. The van der Waals surface area contributed by atoms with Gasteiger partial charge in [-0.05, 0) is 45.2 Å². The molecule has 1 heterocycles. The molecule has 0 saturated heterocycles. The fraction of sp³-hybridized carbons (Fsp3) is 0.722. The van der Waals surface area contributed by atoms with Crippen molar-refractivity contribution in [2.75, 3.05) is 11.9 Å². The van der Waals surface area contributed by atoms with Crippen molar-refractivity contribution in [1.82, 2.24) is 10.3 Å². The molecule has 1 N–H and O–H groups in total. The van der Waals surface area contributed by atoms with Gasteiger partial charge in [-0.2, -0.15) is 0 Å². The van der Waals surface area contributed by atoms with E-state index in [9.17, 15) is 0 Å². The number of hydrogen-bond donors (Lipinski definition) is 1. The second-order valence-electron chi connectivity index (χ2n) is 7.36. The van der Waals surface area contributed by atoms with Crippen LogP contribution in [0.5, 0.6) is 0 Å². The Hall–Kier alpha value is -1.09. The Morgan fingerprint density at radius 2 is 1.86 bits per heavy atom. The summed E-state index contributed by atoms with van der Waals surface area (Å²) in [7, 11) is 2.24. The summed E-state index contributed by atoms with van der Waals surface area (Å²) >= 11 is 0. The Labute approximate surface area is 130 Å². The SMILES string of the molecule is CN(c1cnccc1CNC(C)(C)C)C1CCCCCC1. The molecule has 1 aromatic rings. The van der Waals surface area contributed by atoms with Crippen LogP contribution in [-0.4, -0.2) is 23.6 Å². The van der Waals surface area contributed by atoms with Gasteiger partial charge >= 0.3 is 0 Å². The molecule has 1 aromatic heterocycles. The lowest BCUT2D eigenvalue weighted by molar-refractivity contribution is 0.423. The van der Waals surface area contributed by atoms with E-state index in [4.69, 9.17) is 0 Å². The standard InChI is InChI=1S/C18H31N3/c1-18(2,3)20-13-15-11-12-19-14-17(15)21(4)16-9-7-5-6-8-10-16/h11-12,14,16,20H,5-10,13H2,1-4H3. The van der Waals surface area contributed by atoms with Crippen molar-refractivity contribution in [2.45, 2.75) is 77.4 Å². The molecule has 1 saturated carbocycles. The zero-order valence-corrected chi connectivity index (χ0v) is 14.2. The van der Waals surface area contributed by atoms with Crippen molar-refractivity contribution in [3.05, 3.63) is 24.0 Å². The second kappa shape index (κ2) is 7.26. The van der Waals surface area contributed by atoms with Gasteiger partial charge in [0.05, 0.1) is 11.9 Å². The van der Waals surface area contributed by atoms with E-state index in [0.29, 0.717) is 6.04 Å². The molecule has 3 heteroatoms. The van der Waals surface area contributed by atoms with Crippen LogP contribution < -0.4 is 10.2 Å². The topological polar surface area (TPSA) is 28.2 Å². The Morgan fingerprint density at radius 3 is 2.48 bits per heavy atom. The van der Waals surface area contributed by atoms with E-state index in [2.05, 4.69) is 49.1 Å². The summed E-state index contributed by atoms with van der Waals surface area (Å²) in [5.41, 5.74) is 2.79. The number of aromatic nitrogens is 1. The maximum absolute atomic E-state index is 4.36. The predicted octanol–water partition coefficient (Wildman–Crippen LogP) is 4.13. The average Bonchev–Trinajstić information content (AvgIpc) is 2.73. The summed E-state index contributed by atoms with van der Waals surface area (Å²) in [5, 5.41) is 3.59. The minimum Gasteiger partial charge on any atom is -0.370 e.